The second-order valence-corrected chi connectivity index (χ2v) is 11.2. The number of rotatable bonds is 12. The van der Waals surface area contributed by atoms with Crippen LogP contribution in [0.25, 0.3) is 11.8 Å². The molecule has 0 aliphatic carbocycles. The lowest BCUT2D eigenvalue weighted by Gasteiger charge is -2.27. The molecule has 3 aromatic rings. The van der Waals surface area contributed by atoms with Crippen molar-refractivity contribution in [3.8, 4) is 11.8 Å². The van der Waals surface area contributed by atoms with Gasteiger partial charge in [-0.3, -0.25) is 14.4 Å². The molecule has 1 aromatic heterocycles. The second kappa shape index (κ2) is 14.9. The van der Waals surface area contributed by atoms with Crippen molar-refractivity contribution in [2.45, 2.75) is 59.4 Å². The van der Waals surface area contributed by atoms with Crippen LogP contribution in [-0.2, 0) is 20.9 Å². The minimum atomic E-state index is -1.36. The number of nitrogens with zero attached hydrogens (tertiary/aromatic N) is 4. The first-order valence-electron chi connectivity index (χ1n) is 13.8. The van der Waals surface area contributed by atoms with Crippen molar-refractivity contribution in [1.29, 1.82) is 5.26 Å². The molecule has 0 aliphatic rings. The highest BCUT2D eigenvalue weighted by molar-refractivity contribution is 5.93. The largest absolute Gasteiger partial charge is 0.491 e. The van der Waals surface area contributed by atoms with Crippen LogP contribution in [0.4, 0.5) is 4.39 Å². The van der Waals surface area contributed by atoms with E-state index in [1.165, 1.54) is 30.3 Å². The number of amides is 3. The molecular formula is C31H36FN7O5. The minimum absolute atomic E-state index is 0.155. The zero-order chi connectivity index (χ0) is 32.4. The number of carbonyl (C=O) groups is 3. The van der Waals surface area contributed by atoms with Crippen molar-refractivity contribution < 1.29 is 28.6 Å². The highest BCUT2D eigenvalue weighted by Gasteiger charge is 2.33. The third-order valence-electron chi connectivity index (χ3n) is 6.39. The summed E-state index contributed by atoms with van der Waals surface area (Å²) in [5.74, 6) is -2.14. The van der Waals surface area contributed by atoms with Crippen molar-refractivity contribution in [3.63, 3.8) is 0 Å². The Morgan fingerprint density at radius 2 is 1.91 bits per heavy atom. The third-order valence-corrected chi connectivity index (χ3v) is 6.39. The summed E-state index contributed by atoms with van der Waals surface area (Å²) in [5.41, 5.74) is 0.916. The van der Waals surface area contributed by atoms with Crippen LogP contribution >= 0.6 is 0 Å². The monoisotopic (exact) mass is 605 g/mol. The van der Waals surface area contributed by atoms with E-state index >= 15 is 0 Å². The van der Waals surface area contributed by atoms with E-state index in [9.17, 15) is 29.1 Å². The molecule has 0 saturated heterocycles. The van der Waals surface area contributed by atoms with Gasteiger partial charge in [-0.25, -0.2) is 14.1 Å². The zero-order valence-electron chi connectivity index (χ0n) is 25.2. The highest BCUT2D eigenvalue weighted by atomic mass is 19.1. The summed E-state index contributed by atoms with van der Waals surface area (Å²) in [5, 5.41) is 31.4. The lowest BCUT2D eigenvalue weighted by Crippen LogP contribution is -2.59. The molecule has 1 unspecified atom stereocenters. The number of carbonyl (C=O) groups excluding carboxylic acids is 3. The SMILES string of the molecule is Cc1ccc(CNC(=O)C(COc2cccc(C=C(C#N)n3cncn3)c2)NC(=O)[C@@H](NC(=O)C(C)(C)C)[C@@H](C)O)c(F)c1. The maximum absolute atomic E-state index is 14.4. The van der Waals surface area contributed by atoms with Crippen molar-refractivity contribution in [3.05, 3.63) is 77.6 Å². The van der Waals surface area contributed by atoms with Crippen LogP contribution in [0.5, 0.6) is 5.75 Å². The van der Waals surface area contributed by atoms with Gasteiger partial charge in [0.2, 0.25) is 17.7 Å². The van der Waals surface area contributed by atoms with Crippen molar-refractivity contribution in [1.82, 2.24) is 30.7 Å². The van der Waals surface area contributed by atoms with E-state index in [0.717, 1.165) is 5.56 Å². The van der Waals surface area contributed by atoms with Crippen LogP contribution in [0.3, 0.4) is 0 Å². The van der Waals surface area contributed by atoms with E-state index in [1.54, 1.807) is 70.2 Å². The Hall–Kier alpha value is -5.09. The van der Waals surface area contributed by atoms with E-state index in [2.05, 4.69) is 26.0 Å². The number of hydrogen-bond donors (Lipinski definition) is 4. The first-order valence-corrected chi connectivity index (χ1v) is 13.8. The van der Waals surface area contributed by atoms with Gasteiger partial charge in [0.15, 0.2) is 0 Å². The maximum atomic E-state index is 14.4. The summed E-state index contributed by atoms with van der Waals surface area (Å²) in [6.07, 6.45) is 2.96. The minimum Gasteiger partial charge on any atom is -0.491 e. The van der Waals surface area contributed by atoms with Gasteiger partial charge < -0.3 is 25.8 Å². The van der Waals surface area contributed by atoms with E-state index < -0.39 is 47.1 Å². The van der Waals surface area contributed by atoms with Gasteiger partial charge in [-0.05, 0) is 49.2 Å². The smallest absolute Gasteiger partial charge is 0.246 e. The number of allylic oxidation sites excluding steroid dienone is 1. The Kier molecular flexibility index (Phi) is 11.3. The van der Waals surface area contributed by atoms with E-state index in [4.69, 9.17) is 4.74 Å². The quantitative estimate of drug-likeness (QED) is 0.228. The lowest BCUT2D eigenvalue weighted by molar-refractivity contribution is -0.137. The summed E-state index contributed by atoms with van der Waals surface area (Å²) in [7, 11) is 0. The third kappa shape index (κ3) is 9.47. The molecule has 2 aromatic carbocycles. The molecule has 44 heavy (non-hydrogen) atoms. The summed E-state index contributed by atoms with van der Waals surface area (Å²) in [6, 6.07) is 10.6. The Morgan fingerprint density at radius 3 is 2.52 bits per heavy atom. The van der Waals surface area contributed by atoms with Crippen molar-refractivity contribution >= 4 is 29.5 Å². The number of nitrogens with one attached hydrogen (secondary N) is 3. The van der Waals surface area contributed by atoms with Gasteiger partial charge in [0.05, 0.1) is 6.10 Å². The molecule has 232 valence electrons. The number of aliphatic hydroxyl groups excluding tert-OH is 1. The summed E-state index contributed by atoms with van der Waals surface area (Å²) in [6.45, 7) is 7.54. The number of hydrogen-bond acceptors (Lipinski definition) is 8. The standard InChI is InChI=1S/C31H36FN7O5/c1-19-9-10-22(25(32)11-19)15-35-28(41)26(37-29(42)27(20(2)40)38-30(43)31(3,4)5)16-44-24-8-6-7-21(13-24)12-23(14-33)39-18-34-17-36-39/h6-13,17-18,20,26-27,40H,15-16H2,1-5H3,(H,35,41)(H,37,42)(H,38,43)/t20-,26?,27+/m1/s1. The number of benzene rings is 2. The number of aromatic nitrogens is 3. The molecule has 0 radical (unpaired) electrons. The van der Waals surface area contributed by atoms with Gasteiger partial charge >= 0.3 is 0 Å². The fourth-order valence-corrected chi connectivity index (χ4v) is 3.82. The first kappa shape index (κ1) is 33.4. The lowest BCUT2D eigenvalue weighted by atomic mass is 9.94. The van der Waals surface area contributed by atoms with Crippen molar-refractivity contribution in [2.75, 3.05) is 6.61 Å². The molecule has 12 nitrogen and oxygen atoms in total. The van der Waals surface area contributed by atoms with Gasteiger partial charge in [0.1, 0.15) is 54.7 Å². The fraction of sp³-hybridized carbons (Fsp3) is 0.355. The molecule has 1 heterocycles. The van der Waals surface area contributed by atoms with E-state index in [1.807, 2.05) is 6.07 Å². The Bertz CT molecular complexity index is 1540. The molecule has 13 heteroatoms. The average molecular weight is 606 g/mol. The van der Waals surface area contributed by atoms with Crippen molar-refractivity contribution in [2.24, 2.45) is 5.41 Å². The van der Waals surface area contributed by atoms with Crippen LogP contribution in [0.1, 0.15) is 44.4 Å². The van der Waals surface area contributed by atoms with Gasteiger partial charge in [-0.15, -0.1) is 0 Å². The molecule has 0 saturated carbocycles. The van der Waals surface area contributed by atoms with Crippen LogP contribution in [-0.4, -0.2) is 62.4 Å². The number of aliphatic hydroxyl groups is 1. The van der Waals surface area contributed by atoms with E-state index in [-0.39, 0.29) is 24.4 Å². The predicted molar refractivity (Wildman–Crippen MR) is 160 cm³/mol. The molecule has 4 N–H and O–H groups in total. The molecule has 3 atom stereocenters. The van der Waals surface area contributed by atoms with Gasteiger partial charge in [-0.1, -0.05) is 45.0 Å². The second-order valence-electron chi connectivity index (χ2n) is 11.2. The average Bonchev–Trinajstić information content (AvgIpc) is 3.50. The molecular weight excluding hydrogens is 569 g/mol. The number of halogens is 1. The topological polar surface area (TPSA) is 171 Å². The summed E-state index contributed by atoms with van der Waals surface area (Å²) < 4.78 is 21.6. The fourth-order valence-electron chi connectivity index (χ4n) is 3.82. The number of nitriles is 1. The van der Waals surface area contributed by atoms with Crippen LogP contribution in [0.15, 0.2) is 55.1 Å². The molecule has 3 rings (SSSR count). The van der Waals surface area contributed by atoms with Gasteiger partial charge in [0.25, 0.3) is 0 Å². The van der Waals surface area contributed by atoms with E-state index in [0.29, 0.717) is 11.3 Å². The predicted octanol–water partition coefficient (Wildman–Crippen LogP) is 2.34. The zero-order valence-corrected chi connectivity index (χ0v) is 25.2. The molecule has 3 amide bonds. The summed E-state index contributed by atoms with van der Waals surface area (Å²) >= 11 is 0. The van der Waals surface area contributed by atoms with Crippen LogP contribution < -0.4 is 20.7 Å². The maximum Gasteiger partial charge on any atom is 0.246 e. The highest BCUT2D eigenvalue weighted by Crippen LogP contribution is 2.18. The molecule has 0 spiro atoms. The first-order chi connectivity index (χ1) is 20.8. The van der Waals surface area contributed by atoms with Gasteiger partial charge in [-0.2, -0.15) is 10.4 Å². The molecule has 0 aliphatic heterocycles. The molecule has 0 fully saturated rings. The summed E-state index contributed by atoms with van der Waals surface area (Å²) in [4.78, 5) is 42.9. The van der Waals surface area contributed by atoms with Crippen LogP contribution in [0.2, 0.25) is 0 Å². The number of ether oxygens (including phenoxy) is 1. The Balaban J connectivity index is 1.81. The van der Waals surface area contributed by atoms with Crippen LogP contribution in [0, 0.1) is 29.5 Å². The number of aryl methyl sites for hydroxylation is 1. The molecule has 0 bridgehead atoms. The Labute approximate surface area is 254 Å². The normalized spacial score (nSPS) is 13.6. The Morgan fingerprint density at radius 1 is 1.16 bits per heavy atom. The van der Waals surface area contributed by atoms with Gasteiger partial charge in [0, 0.05) is 17.5 Å².